The number of pyridine rings is 1. The zero-order chi connectivity index (χ0) is 13.1. The van der Waals surface area contributed by atoms with Crippen LogP contribution >= 0.6 is 0 Å². The molecule has 1 amide bonds. The number of hydrogen-bond acceptors (Lipinski definition) is 3. The molecule has 18 heavy (non-hydrogen) atoms. The van der Waals surface area contributed by atoms with Crippen LogP contribution in [0.1, 0.15) is 25.5 Å². The lowest BCUT2D eigenvalue weighted by Crippen LogP contribution is -2.37. The lowest BCUT2D eigenvalue weighted by molar-refractivity contribution is -0.127. The molecule has 0 aromatic carbocycles. The van der Waals surface area contributed by atoms with E-state index in [1.54, 1.807) is 19.1 Å². The van der Waals surface area contributed by atoms with Gasteiger partial charge in [0.2, 0.25) is 5.91 Å². The molecule has 1 aromatic heterocycles. The van der Waals surface area contributed by atoms with Gasteiger partial charge in [-0.1, -0.05) is 0 Å². The molecule has 0 saturated carbocycles. The number of H-pyrrole nitrogens is 1. The number of aromatic nitrogens is 1. The van der Waals surface area contributed by atoms with Crippen LogP contribution in [0.25, 0.3) is 0 Å². The fraction of sp³-hybridized carbons (Fsp3) is 0.538. The van der Waals surface area contributed by atoms with E-state index < -0.39 is 0 Å². The molecule has 2 heterocycles. The van der Waals surface area contributed by atoms with Gasteiger partial charge < -0.3 is 15.0 Å². The lowest BCUT2D eigenvalue weighted by atomic mass is 9.94. The molecule has 2 rings (SSSR count). The third-order valence-electron chi connectivity index (χ3n) is 3.26. The zero-order valence-corrected chi connectivity index (χ0v) is 10.7. The summed E-state index contributed by atoms with van der Waals surface area (Å²) in [4.78, 5) is 26.4. The lowest BCUT2D eigenvalue weighted by Gasteiger charge is -2.27. The number of hydrogen-bond donors (Lipinski definition) is 2. The van der Waals surface area contributed by atoms with Gasteiger partial charge in [-0.2, -0.15) is 0 Å². The molecule has 0 radical (unpaired) electrons. The van der Waals surface area contributed by atoms with Gasteiger partial charge in [-0.25, -0.2) is 0 Å². The summed E-state index contributed by atoms with van der Waals surface area (Å²) in [5.41, 5.74) is 0.795. The summed E-state index contributed by atoms with van der Waals surface area (Å²) in [6.45, 7) is 4.39. The van der Waals surface area contributed by atoms with E-state index in [2.05, 4.69) is 10.3 Å². The van der Waals surface area contributed by atoms with Crippen LogP contribution in [0.5, 0.6) is 0 Å². The molecule has 0 aliphatic carbocycles. The van der Waals surface area contributed by atoms with Gasteiger partial charge in [0.1, 0.15) is 5.69 Å². The fourth-order valence-corrected chi connectivity index (χ4v) is 2.16. The Kier molecular flexibility index (Phi) is 3.81. The van der Waals surface area contributed by atoms with E-state index in [1.165, 1.54) is 0 Å². The molecule has 0 spiro atoms. The summed E-state index contributed by atoms with van der Waals surface area (Å²) in [7, 11) is 0. The maximum atomic E-state index is 12.1. The van der Waals surface area contributed by atoms with Gasteiger partial charge in [-0.05, 0) is 38.8 Å². The zero-order valence-electron chi connectivity index (χ0n) is 10.7. The van der Waals surface area contributed by atoms with Crippen molar-refractivity contribution in [3.8, 4) is 0 Å². The summed E-state index contributed by atoms with van der Waals surface area (Å²) in [5.74, 6) is -0.323. The number of aryl methyl sites for hydroxylation is 1. The van der Waals surface area contributed by atoms with E-state index >= 15 is 0 Å². The van der Waals surface area contributed by atoms with Crippen molar-refractivity contribution in [2.45, 2.75) is 32.8 Å². The van der Waals surface area contributed by atoms with Crippen LogP contribution in [0, 0.1) is 12.8 Å². The molecule has 1 aliphatic rings. The number of rotatable bonds is 2. The number of nitrogens with one attached hydrogen (secondary N) is 2. The molecule has 98 valence electrons. The van der Waals surface area contributed by atoms with Crippen molar-refractivity contribution >= 4 is 11.6 Å². The second-order valence-electron chi connectivity index (χ2n) is 4.70. The van der Waals surface area contributed by atoms with Crippen molar-refractivity contribution in [2.24, 2.45) is 5.92 Å². The molecule has 1 aromatic rings. The number of carbonyl (C=O) groups excluding carboxylic acids is 1. The summed E-state index contributed by atoms with van der Waals surface area (Å²) >= 11 is 0. The van der Waals surface area contributed by atoms with Gasteiger partial charge >= 0.3 is 0 Å². The first-order valence-electron chi connectivity index (χ1n) is 6.20. The van der Waals surface area contributed by atoms with Crippen LogP contribution in [-0.2, 0) is 9.53 Å². The number of aromatic amines is 1. The number of carbonyl (C=O) groups is 1. The van der Waals surface area contributed by atoms with Crippen molar-refractivity contribution in [1.29, 1.82) is 0 Å². The van der Waals surface area contributed by atoms with Crippen molar-refractivity contribution < 1.29 is 9.53 Å². The molecule has 2 atom stereocenters. The van der Waals surface area contributed by atoms with Gasteiger partial charge in [0.05, 0.1) is 12.0 Å². The quantitative estimate of drug-likeness (QED) is 0.834. The maximum absolute atomic E-state index is 12.1. The standard InChI is InChI=1S/C13H18N2O3/c1-8-5-6-11(13(17)14-8)15-12(16)10-4-3-7-18-9(10)2/h5-6,9-10H,3-4,7H2,1-2H3,(H,14,17)(H,15,16). The normalized spacial score (nSPS) is 23.7. The minimum Gasteiger partial charge on any atom is -0.378 e. The molecule has 1 saturated heterocycles. The van der Waals surface area contributed by atoms with Crippen LogP contribution in [-0.4, -0.2) is 23.6 Å². The average molecular weight is 250 g/mol. The highest BCUT2D eigenvalue weighted by Crippen LogP contribution is 2.21. The van der Waals surface area contributed by atoms with E-state index in [-0.39, 0.29) is 23.5 Å². The Morgan fingerprint density at radius 2 is 2.28 bits per heavy atom. The highest BCUT2D eigenvalue weighted by atomic mass is 16.5. The minimum absolute atomic E-state index is 0.0942. The van der Waals surface area contributed by atoms with Crippen molar-refractivity contribution in [1.82, 2.24) is 4.98 Å². The third-order valence-corrected chi connectivity index (χ3v) is 3.26. The SMILES string of the molecule is Cc1ccc(NC(=O)C2CCCOC2C)c(=O)[nH]1. The van der Waals surface area contributed by atoms with Gasteiger partial charge in [0.25, 0.3) is 5.56 Å². The van der Waals surface area contributed by atoms with Crippen LogP contribution < -0.4 is 10.9 Å². The molecular weight excluding hydrogens is 232 g/mol. The maximum Gasteiger partial charge on any atom is 0.271 e. The predicted molar refractivity (Wildman–Crippen MR) is 68.6 cm³/mol. The number of anilines is 1. The second kappa shape index (κ2) is 5.35. The molecule has 2 unspecified atom stereocenters. The number of amides is 1. The summed E-state index contributed by atoms with van der Waals surface area (Å²) in [5, 5.41) is 2.67. The van der Waals surface area contributed by atoms with Gasteiger partial charge in [0, 0.05) is 12.3 Å². The van der Waals surface area contributed by atoms with Gasteiger partial charge in [-0.15, -0.1) is 0 Å². The molecule has 1 aliphatic heterocycles. The molecule has 1 fully saturated rings. The van der Waals surface area contributed by atoms with E-state index in [1.807, 2.05) is 6.92 Å². The highest BCUT2D eigenvalue weighted by molar-refractivity contribution is 5.92. The molecular formula is C13H18N2O3. The Bertz CT molecular complexity index is 495. The second-order valence-corrected chi connectivity index (χ2v) is 4.70. The van der Waals surface area contributed by atoms with E-state index in [4.69, 9.17) is 4.74 Å². The molecule has 5 heteroatoms. The van der Waals surface area contributed by atoms with Crippen molar-refractivity contribution in [2.75, 3.05) is 11.9 Å². The first-order chi connectivity index (χ1) is 8.58. The molecule has 0 bridgehead atoms. The third kappa shape index (κ3) is 2.79. The van der Waals surface area contributed by atoms with Gasteiger partial charge in [-0.3, -0.25) is 9.59 Å². The number of ether oxygens (including phenoxy) is 1. The Hall–Kier alpha value is -1.62. The van der Waals surface area contributed by atoms with E-state index in [0.29, 0.717) is 12.3 Å². The van der Waals surface area contributed by atoms with Crippen molar-refractivity contribution in [3.05, 3.63) is 28.2 Å². The summed E-state index contributed by atoms with van der Waals surface area (Å²) in [6.07, 6.45) is 1.59. The molecule has 5 nitrogen and oxygen atoms in total. The largest absolute Gasteiger partial charge is 0.378 e. The molecule has 2 N–H and O–H groups in total. The first-order valence-corrected chi connectivity index (χ1v) is 6.20. The van der Waals surface area contributed by atoms with Crippen molar-refractivity contribution in [3.63, 3.8) is 0 Å². The monoisotopic (exact) mass is 250 g/mol. The van der Waals surface area contributed by atoms with Crippen LogP contribution in [0.4, 0.5) is 5.69 Å². The minimum atomic E-state index is -0.271. The van der Waals surface area contributed by atoms with E-state index in [0.717, 1.165) is 18.5 Å². The van der Waals surface area contributed by atoms with E-state index in [9.17, 15) is 9.59 Å². The van der Waals surface area contributed by atoms with Crippen LogP contribution in [0.3, 0.4) is 0 Å². The topological polar surface area (TPSA) is 71.2 Å². The predicted octanol–water partition coefficient (Wildman–Crippen LogP) is 1.44. The van der Waals surface area contributed by atoms with Crippen LogP contribution in [0.2, 0.25) is 0 Å². The fourth-order valence-electron chi connectivity index (χ4n) is 2.16. The van der Waals surface area contributed by atoms with Crippen LogP contribution in [0.15, 0.2) is 16.9 Å². The van der Waals surface area contributed by atoms with Gasteiger partial charge in [0.15, 0.2) is 0 Å². The highest BCUT2D eigenvalue weighted by Gasteiger charge is 2.28. The first kappa shape index (κ1) is 12.8. The summed E-state index contributed by atoms with van der Waals surface area (Å²) in [6, 6.07) is 3.39. The smallest absolute Gasteiger partial charge is 0.271 e. The summed E-state index contributed by atoms with van der Waals surface area (Å²) < 4.78 is 5.45. The Balaban J connectivity index is 2.08. The average Bonchev–Trinajstić information content (AvgIpc) is 2.33. The Morgan fingerprint density at radius 1 is 1.50 bits per heavy atom. The Morgan fingerprint density at radius 3 is 2.94 bits per heavy atom. The Labute approximate surface area is 106 Å².